The molecule has 2 N–H and O–H groups in total. The topological polar surface area (TPSA) is 40.5 Å². The average molecular weight is 170 g/mol. The van der Waals surface area contributed by atoms with Gasteiger partial charge in [0, 0.05) is 13.2 Å². The van der Waals surface area contributed by atoms with E-state index in [1.165, 1.54) is 0 Å². The Morgan fingerprint density at radius 1 is 1.17 bits per heavy atom. The number of hydrogen-bond donors (Lipinski definition) is 2. The Morgan fingerprint density at radius 2 is 1.83 bits per heavy atom. The third-order valence-electron chi connectivity index (χ3n) is 1.73. The molecular formula is C10H18O2. The first-order valence-corrected chi connectivity index (χ1v) is 4.34. The third-order valence-corrected chi connectivity index (χ3v) is 1.73. The molecule has 1 unspecified atom stereocenters. The Morgan fingerprint density at radius 3 is 2.33 bits per heavy atom. The summed E-state index contributed by atoms with van der Waals surface area (Å²) in [6.45, 7) is 4.01. The molecule has 0 rings (SSSR count). The van der Waals surface area contributed by atoms with Gasteiger partial charge in [-0.15, -0.1) is 6.58 Å². The van der Waals surface area contributed by atoms with Crippen LogP contribution in [0.15, 0.2) is 24.8 Å². The summed E-state index contributed by atoms with van der Waals surface area (Å²) in [5.74, 6) is 0.212. The molecule has 0 fully saturated rings. The average Bonchev–Trinajstić information content (AvgIpc) is 2.11. The number of aliphatic hydroxyl groups excluding tert-OH is 2. The molecule has 2 nitrogen and oxygen atoms in total. The lowest BCUT2D eigenvalue weighted by Gasteiger charge is -2.04. The van der Waals surface area contributed by atoms with Crippen LogP contribution in [0.3, 0.4) is 0 Å². The van der Waals surface area contributed by atoms with Gasteiger partial charge in [0.05, 0.1) is 0 Å². The summed E-state index contributed by atoms with van der Waals surface area (Å²) < 4.78 is 0. The van der Waals surface area contributed by atoms with E-state index in [9.17, 15) is 0 Å². The monoisotopic (exact) mass is 170 g/mol. The van der Waals surface area contributed by atoms with Crippen molar-refractivity contribution >= 4 is 0 Å². The van der Waals surface area contributed by atoms with Crippen LogP contribution in [0.5, 0.6) is 0 Å². The second kappa shape index (κ2) is 8.50. The minimum atomic E-state index is 0.178. The van der Waals surface area contributed by atoms with Gasteiger partial charge in [0.2, 0.25) is 0 Å². The number of allylic oxidation sites excluding steroid dienone is 1. The molecule has 0 amide bonds. The van der Waals surface area contributed by atoms with Gasteiger partial charge in [-0.05, 0) is 25.2 Å². The fourth-order valence-electron chi connectivity index (χ4n) is 0.904. The summed E-state index contributed by atoms with van der Waals surface area (Å²) in [7, 11) is 0. The second-order valence-electron chi connectivity index (χ2n) is 2.74. The van der Waals surface area contributed by atoms with E-state index in [0.29, 0.717) is 0 Å². The molecule has 0 aromatic carbocycles. The number of aliphatic hydroxyl groups is 2. The summed E-state index contributed by atoms with van der Waals surface area (Å²) in [5.41, 5.74) is 0. The highest BCUT2D eigenvalue weighted by molar-refractivity contribution is 4.85. The highest BCUT2D eigenvalue weighted by Crippen LogP contribution is 2.06. The van der Waals surface area contributed by atoms with E-state index >= 15 is 0 Å². The molecule has 0 aliphatic carbocycles. The maximum atomic E-state index is 8.79. The molecule has 0 bridgehead atoms. The summed E-state index contributed by atoms with van der Waals surface area (Å²) in [6.07, 6.45) is 8.36. The van der Waals surface area contributed by atoms with E-state index in [2.05, 4.69) is 6.58 Å². The van der Waals surface area contributed by atoms with Crippen LogP contribution >= 0.6 is 0 Å². The molecule has 12 heavy (non-hydrogen) atoms. The molecular weight excluding hydrogens is 152 g/mol. The zero-order chi connectivity index (χ0) is 9.23. The molecule has 0 aliphatic heterocycles. The summed E-state index contributed by atoms with van der Waals surface area (Å²) in [6, 6.07) is 0. The van der Waals surface area contributed by atoms with Crippen molar-refractivity contribution < 1.29 is 10.2 Å². The van der Waals surface area contributed by atoms with E-state index in [0.717, 1.165) is 19.3 Å². The largest absolute Gasteiger partial charge is 0.396 e. The summed E-state index contributed by atoms with van der Waals surface area (Å²) in [5, 5.41) is 17.3. The van der Waals surface area contributed by atoms with Crippen LogP contribution < -0.4 is 0 Å². The van der Waals surface area contributed by atoms with Crippen LogP contribution in [0.25, 0.3) is 0 Å². The van der Waals surface area contributed by atoms with Crippen molar-refractivity contribution in [1.82, 2.24) is 0 Å². The molecule has 1 atom stereocenters. The number of hydrogen-bond acceptors (Lipinski definition) is 2. The van der Waals surface area contributed by atoms with E-state index in [4.69, 9.17) is 10.2 Å². The smallest absolute Gasteiger partial charge is 0.0493 e. The normalized spacial score (nSPS) is 13.5. The Bertz CT molecular complexity index is 130. The quantitative estimate of drug-likeness (QED) is 0.568. The van der Waals surface area contributed by atoms with Crippen molar-refractivity contribution in [2.75, 3.05) is 13.2 Å². The van der Waals surface area contributed by atoms with Crippen molar-refractivity contribution in [1.29, 1.82) is 0 Å². The van der Waals surface area contributed by atoms with Gasteiger partial charge >= 0.3 is 0 Å². The second-order valence-corrected chi connectivity index (χ2v) is 2.74. The lowest BCUT2D eigenvalue weighted by Crippen LogP contribution is -2.00. The Balaban J connectivity index is 3.33. The first-order chi connectivity index (χ1) is 5.85. The predicted molar refractivity (Wildman–Crippen MR) is 50.8 cm³/mol. The van der Waals surface area contributed by atoms with Crippen LogP contribution in [-0.4, -0.2) is 23.4 Å². The van der Waals surface area contributed by atoms with Gasteiger partial charge in [0.25, 0.3) is 0 Å². The molecule has 0 aromatic rings. The van der Waals surface area contributed by atoms with Gasteiger partial charge in [-0.2, -0.15) is 0 Å². The molecule has 0 spiro atoms. The molecule has 0 saturated carbocycles. The highest BCUT2D eigenvalue weighted by Gasteiger charge is 1.98. The van der Waals surface area contributed by atoms with Crippen LogP contribution in [0, 0.1) is 5.92 Å². The maximum Gasteiger partial charge on any atom is 0.0493 e. The van der Waals surface area contributed by atoms with E-state index < -0.39 is 0 Å². The van der Waals surface area contributed by atoms with Crippen LogP contribution in [0.1, 0.15) is 19.3 Å². The minimum Gasteiger partial charge on any atom is -0.396 e. The van der Waals surface area contributed by atoms with Gasteiger partial charge in [-0.3, -0.25) is 0 Å². The zero-order valence-corrected chi connectivity index (χ0v) is 7.45. The fourth-order valence-corrected chi connectivity index (χ4v) is 0.904. The zero-order valence-electron chi connectivity index (χ0n) is 7.45. The Kier molecular flexibility index (Phi) is 8.07. The molecule has 0 aromatic heterocycles. The van der Waals surface area contributed by atoms with Crippen molar-refractivity contribution in [2.45, 2.75) is 19.3 Å². The van der Waals surface area contributed by atoms with Gasteiger partial charge in [0.15, 0.2) is 0 Å². The maximum absolute atomic E-state index is 8.79. The van der Waals surface area contributed by atoms with E-state index in [-0.39, 0.29) is 19.1 Å². The molecule has 70 valence electrons. The molecule has 2 heteroatoms. The van der Waals surface area contributed by atoms with Gasteiger partial charge in [0.1, 0.15) is 0 Å². The number of rotatable bonds is 7. The SMILES string of the molecule is C=CC(CO)CC/C=C/CCO. The fraction of sp³-hybridized carbons (Fsp3) is 0.600. The lowest BCUT2D eigenvalue weighted by atomic mass is 10.0. The first-order valence-electron chi connectivity index (χ1n) is 4.34. The molecule has 0 heterocycles. The van der Waals surface area contributed by atoms with Crippen molar-refractivity contribution in [3.8, 4) is 0 Å². The van der Waals surface area contributed by atoms with Crippen LogP contribution in [0.4, 0.5) is 0 Å². The predicted octanol–water partition coefficient (Wildman–Crippen LogP) is 1.50. The summed E-state index contributed by atoms with van der Waals surface area (Å²) in [4.78, 5) is 0. The van der Waals surface area contributed by atoms with E-state index in [1.807, 2.05) is 12.2 Å². The first kappa shape index (κ1) is 11.4. The van der Waals surface area contributed by atoms with Crippen molar-refractivity contribution in [3.05, 3.63) is 24.8 Å². The standard InChI is InChI=1S/C10H18O2/c1-2-10(9-12)7-5-3-4-6-8-11/h2-4,10-12H,1,5-9H2/b4-3+. The summed E-state index contributed by atoms with van der Waals surface area (Å²) >= 11 is 0. The molecule has 0 radical (unpaired) electrons. The highest BCUT2D eigenvalue weighted by atomic mass is 16.3. The third kappa shape index (κ3) is 6.13. The van der Waals surface area contributed by atoms with Crippen LogP contribution in [-0.2, 0) is 0 Å². The van der Waals surface area contributed by atoms with Crippen molar-refractivity contribution in [2.24, 2.45) is 5.92 Å². The van der Waals surface area contributed by atoms with E-state index in [1.54, 1.807) is 6.08 Å². The lowest BCUT2D eigenvalue weighted by molar-refractivity contribution is 0.247. The van der Waals surface area contributed by atoms with Gasteiger partial charge in [-0.25, -0.2) is 0 Å². The van der Waals surface area contributed by atoms with Crippen molar-refractivity contribution in [3.63, 3.8) is 0 Å². The van der Waals surface area contributed by atoms with Gasteiger partial charge < -0.3 is 10.2 Å². The molecule has 0 aliphatic rings. The van der Waals surface area contributed by atoms with Gasteiger partial charge in [-0.1, -0.05) is 18.2 Å². The minimum absolute atomic E-state index is 0.178. The van der Waals surface area contributed by atoms with Crippen LogP contribution in [0.2, 0.25) is 0 Å². The molecule has 0 saturated heterocycles. The Hall–Kier alpha value is -0.600. The Labute approximate surface area is 74.2 Å².